The van der Waals surface area contributed by atoms with Crippen molar-refractivity contribution < 1.29 is 8.78 Å². The number of hydrogen-bond acceptors (Lipinski definition) is 1. The van der Waals surface area contributed by atoms with E-state index < -0.39 is 6.43 Å². The molecule has 2 aromatic rings. The minimum atomic E-state index is -2.42. The summed E-state index contributed by atoms with van der Waals surface area (Å²) in [6, 6.07) is 3.73. The lowest BCUT2D eigenvalue weighted by Crippen LogP contribution is -1.90. The van der Waals surface area contributed by atoms with Crippen LogP contribution in [0.2, 0.25) is 0 Å². The Balaban J connectivity index is 2.86. The monoisotopic (exact) mass is 388 g/mol. The molecule has 0 unspecified atom stereocenters. The van der Waals surface area contributed by atoms with Gasteiger partial charge < -0.3 is 0 Å². The first-order chi connectivity index (χ1) is 6.61. The highest BCUT2D eigenvalue weighted by molar-refractivity contribution is 14.1. The molecule has 0 aliphatic heterocycles. The van der Waals surface area contributed by atoms with Crippen LogP contribution in [0.15, 0.2) is 22.0 Å². The quantitative estimate of drug-likeness (QED) is 0.588. The first-order valence-electron chi connectivity index (χ1n) is 3.74. The summed E-state index contributed by atoms with van der Waals surface area (Å²) in [5, 5.41) is 2.71. The van der Waals surface area contributed by atoms with Crippen molar-refractivity contribution in [3.05, 3.63) is 31.1 Å². The van der Waals surface area contributed by atoms with E-state index >= 15 is 0 Å². The zero-order valence-corrected chi connectivity index (χ0v) is 11.3. The molecule has 0 bridgehead atoms. The number of alkyl halides is 2. The maximum atomic E-state index is 12.8. The largest absolute Gasteiger partial charge is 0.266 e. The Morgan fingerprint density at radius 3 is 2.79 bits per heavy atom. The molecule has 1 heterocycles. The van der Waals surface area contributed by atoms with Gasteiger partial charge in [0.05, 0.1) is 0 Å². The molecule has 2 rings (SSSR count). The van der Waals surface area contributed by atoms with E-state index in [4.69, 9.17) is 0 Å². The van der Waals surface area contributed by atoms with Gasteiger partial charge in [-0.05, 0) is 61.4 Å². The van der Waals surface area contributed by atoms with E-state index in [1.807, 2.05) is 40.1 Å². The molecule has 1 aromatic heterocycles. The van der Waals surface area contributed by atoms with Crippen LogP contribution >= 0.6 is 49.9 Å². The maximum Gasteiger partial charge on any atom is 0.266 e. The van der Waals surface area contributed by atoms with Gasteiger partial charge in [-0.1, -0.05) is 0 Å². The highest BCUT2D eigenvalue weighted by Gasteiger charge is 2.18. The maximum absolute atomic E-state index is 12.8. The SMILES string of the molecule is FC(F)c1c(I)c(Br)cc2ccsc12. The number of thiophene rings is 1. The summed E-state index contributed by atoms with van der Waals surface area (Å²) in [4.78, 5) is 0. The Morgan fingerprint density at radius 2 is 2.14 bits per heavy atom. The van der Waals surface area contributed by atoms with Crippen molar-refractivity contribution >= 4 is 59.9 Å². The molecule has 0 atom stereocenters. The van der Waals surface area contributed by atoms with Gasteiger partial charge in [0, 0.05) is 18.3 Å². The third-order valence-corrected chi connectivity index (χ3v) is 5.38. The van der Waals surface area contributed by atoms with Crippen LogP contribution in [-0.4, -0.2) is 0 Å². The van der Waals surface area contributed by atoms with Gasteiger partial charge in [0.15, 0.2) is 0 Å². The number of halogens is 4. The third-order valence-electron chi connectivity index (χ3n) is 1.89. The van der Waals surface area contributed by atoms with E-state index in [1.165, 1.54) is 11.3 Å². The first-order valence-corrected chi connectivity index (χ1v) is 6.49. The second-order valence-corrected chi connectivity index (χ2v) is 5.57. The molecule has 0 fully saturated rings. The Bertz CT molecular complexity index is 481. The lowest BCUT2D eigenvalue weighted by molar-refractivity contribution is 0.152. The standard InChI is InChI=1S/C9H4BrF2IS/c10-5-3-4-1-2-14-8(4)6(7(5)13)9(11)12/h1-3,9H. The van der Waals surface area contributed by atoms with Crippen molar-refractivity contribution in [3.63, 3.8) is 0 Å². The van der Waals surface area contributed by atoms with Crippen molar-refractivity contribution in [1.82, 2.24) is 0 Å². The van der Waals surface area contributed by atoms with Crippen LogP contribution in [0.3, 0.4) is 0 Å². The van der Waals surface area contributed by atoms with E-state index in [1.54, 1.807) is 0 Å². The molecular formula is C9H4BrF2IS. The number of fused-ring (bicyclic) bond motifs is 1. The van der Waals surface area contributed by atoms with Crippen molar-refractivity contribution in [3.8, 4) is 0 Å². The summed E-state index contributed by atoms with van der Waals surface area (Å²) < 4.78 is 27.6. The normalized spacial score (nSPS) is 11.5. The molecule has 0 amide bonds. The fourth-order valence-corrected chi connectivity index (χ4v) is 3.51. The first kappa shape index (κ1) is 10.8. The van der Waals surface area contributed by atoms with Crippen molar-refractivity contribution in [2.75, 3.05) is 0 Å². The summed E-state index contributed by atoms with van der Waals surface area (Å²) in [5.74, 6) is 0. The minimum absolute atomic E-state index is 0.143. The van der Waals surface area contributed by atoms with Crippen LogP contribution in [0.1, 0.15) is 12.0 Å². The molecule has 0 nitrogen and oxygen atoms in total. The number of hydrogen-bond donors (Lipinski definition) is 0. The summed E-state index contributed by atoms with van der Waals surface area (Å²) in [5.41, 5.74) is 0.143. The molecule has 0 aliphatic carbocycles. The van der Waals surface area contributed by atoms with Gasteiger partial charge in [0.2, 0.25) is 0 Å². The molecule has 0 N–H and O–H groups in total. The lowest BCUT2D eigenvalue weighted by Gasteiger charge is -2.06. The Kier molecular flexibility index (Phi) is 3.09. The van der Waals surface area contributed by atoms with Gasteiger partial charge in [0.1, 0.15) is 0 Å². The molecule has 14 heavy (non-hydrogen) atoms. The molecule has 1 aromatic carbocycles. The molecule has 74 valence electrons. The topological polar surface area (TPSA) is 0 Å². The van der Waals surface area contributed by atoms with Gasteiger partial charge in [-0.15, -0.1) is 11.3 Å². The second kappa shape index (κ2) is 4.02. The van der Waals surface area contributed by atoms with Crippen LogP contribution in [0.4, 0.5) is 8.78 Å². The Labute approximate surface area is 106 Å². The second-order valence-electron chi connectivity index (χ2n) is 2.73. The van der Waals surface area contributed by atoms with Gasteiger partial charge in [-0.3, -0.25) is 0 Å². The van der Waals surface area contributed by atoms with Gasteiger partial charge >= 0.3 is 0 Å². The van der Waals surface area contributed by atoms with Crippen molar-refractivity contribution in [2.24, 2.45) is 0 Å². The zero-order valence-electron chi connectivity index (χ0n) is 6.73. The van der Waals surface area contributed by atoms with E-state index in [2.05, 4.69) is 15.9 Å². The predicted molar refractivity (Wildman–Crippen MR) is 67.2 cm³/mol. The summed E-state index contributed by atoms with van der Waals surface area (Å²) in [6.45, 7) is 0. The summed E-state index contributed by atoms with van der Waals surface area (Å²) >= 11 is 6.59. The highest BCUT2D eigenvalue weighted by atomic mass is 127. The van der Waals surface area contributed by atoms with Crippen LogP contribution in [-0.2, 0) is 0 Å². The molecule has 5 heteroatoms. The number of rotatable bonds is 1. The summed E-state index contributed by atoms with van der Waals surface area (Å²) in [7, 11) is 0. The minimum Gasteiger partial charge on any atom is -0.205 e. The smallest absolute Gasteiger partial charge is 0.205 e. The van der Waals surface area contributed by atoms with E-state index in [-0.39, 0.29) is 5.56 Å². The van der Waals surface area contributed by atoms with Crippen LogP contribution < -0.4 is 0 Å². The fraction of sp³-hybridized carbons (Fsp3) is 0.111. The predicted octanol–water partition coefficient (Wildman–Crippen LogP) is 5.21. The van der Waals surface area contributed by atoms with E-state index in [0.717, 1.165) is 9.86 Å². The molecule has 0 saturated heterocycles. The Morgan fingerprint density at radius 1 is 1.43 bits per heavy atom. The van der Waals surface area contributed by atoms with E-state index in [0.29, 0.717) is 8.27 Å². The van der Waals surface area contributed by atoms with Crippen LogP contribution in [0, 0.1) is 3.57 Å². The summed E-state index contributed by atoms with van der Waals surface area (Å²) in [6.07, 6.45) is -2.42. The average molecular weight is 389 g/mol. The van der Waals surface area contributed by atoms with Crippen LogP contribution in [0.5, 0.6) is 0 Å². The van der Waals surface area contributed by atoms with Gasteiger partial charge in [-0.2, -0.15) is 0 Å². The van der Waals surface area contributed by atoms with Gasteiger partial charge in [0.25, 0.3) is 6.43 Å². The van der Waals surface area contributed by atoms with Crippen molar-refractivity contribution in [2.45, 2.75) is 6.43 Å². The highest BCUT2D eigenvalue weighted by Crippen LogP contribution is 2.38. The molecule has 0 radical (unpaired) electrons. The zero-order chi connectivity index (χ0) is 10.3. The molecule has 0 spiro atoms. The average Bonchev–Trinajstić information content (AvgIpc) is 2.52. The third kappa shape index (κ3) is 1.69. The lowest BCUT2D eigenvalue weighted by atomic mass is 10.2. The molecule has 0 saturated carbocycles. The van der Waals surface area contributed by atoms with Crippen LogP contribution in [0.25, 0.3) is 10.1 Å². The van der Waals surface area contributed by atoms with Gasteiger partial charge in [-0.25, -0.2) is 8.78 Å². The molecular weight excluding hydrogens is 385 g/mol. The molecule has 0 aliphatic rings. The van der Waals surface area contributed by atoms with Crippen molar-refractivity contribution in [1.29, 1.82) is 0 Å². The van der Waals surface area contributed by atoms with E-state index in [9.17, 15) is 8.78 Å². The number of benzene rings is 1. The Hall–Kier alpha value is 0.250. The fourth-order valence-electron chi connectivity index (χ4n) is 1.27.